The molecule has 4 nitrogen and oxygen atoms in total. The third-order valence-electron chi connectivity index (χ3n) is 4.14. The van der Waals surface area contributed by atoms with Crippen molar-refractivity contribution in [1.29, 1.82) is 0 Å². The van der Waals surface area contributed by atoms with E-state index in [-0.39, 0.29) is 12.4 Å². The molecule has 27 heavy (non-hydrogen) atoms. The van der Waals surface area contributed by atoms with Gasteiger partial charge in [0.15, 0.2) is 11.5 Å². The van der Waals surface area contributed by atoms with Gasteiger partial charge in [0.25, 0.3) is 0 Å². The fourth-order valence-corrected chi connectivity index (χ4v) is 2.99. The summed E-state index contributed by atoms with van der Waals surface area (Å²) in [5, 5.41) is 4.09. The molecule has 1 heterocycles. The molecular formula is C21H22Cl2NO3-. The smallest absolute Gasteiger partial charge is 0.160 e. The lowest BCUT2D eigenvalue weighted by Crippen LogP contribution is -3.00. The van der Waals surface area contributed by atoms with Crippen molar-refractivity contribution in [3.05, 3.63) is 70.9 Å². The number of hydrogen-bond acceptors (Lipinski definition) is 4. The van der Waals surface area contributed by atoms with Crippen molar-refractivity contribution in [2.24, 2.45) is 0 Å². The van der Waals surface area contributed by atoms with E-state index in [2.05, 4.69) is 5.32 Å². The van der Waals surface area contributed by atoms with Crippen LogP contribution in [0.1, 0.15) is 11.3 Å². The number of methoxy groups -OCH3 is 2. The summed E-state index contributed by atoms with van der Waals surface area (Å²) in [6.07, 6.45) is 0.887. The number of ether oxygens (including phenoxy) is 2. The molecule has 0 spiro atoms. The van der Waals surface area contributed by atoms with E-state index >= 15 is 0 Å². The van der Waals surface area contributed by atoms with E-state index in [1.165, 1.54) is 5.56 Å². The molecule has 0 aliphatic heterocycles. The van der Waals surface area contributed by atoms with Crippen molar-refractivity contribution in [1.82, 2.24) is 5.32 Å². The maximum Gasteiger partial charge on any atom is 0.160 e. The van der Waals surface area contributed by atoms with Gasteiger partial charge in [0, 0.05) is 5.56 Å². The molecule has 1 N–H and O–H groups in total. The summed E-state index contributed by atoms with van der Waals surface area (Å²) in [4.78, 5) is 0. The Kier molecular flexibility index (Phi) is 8.04. The Balaban J connectivity index is 0.00000261. The minimum Gasteiger partial charge on any atom is -1.00 e. The van der Waals surface area contributed by atoms with Crippen molar-refractivity contribution in [2.45, 2.75) is 13.0 Å². The Morgan fingerprint density at radius 2 is 1.74 bits per heavy atom. The van der Waals surface area contributed by atoms with E-state index in [0.29, 0.717) is 11.6 Å². The second-order valence-corrected chi connectivity index (χ2v) is 6.27. The largest absolute Gasteiger partial charge is 1.00 e. The molecule has 0 atom stereocenters. The highest BCUT2D eigenvalue weighted by molar-refractivity contribution is 6.33. The molecule has 0 amide bonds. The minimum atomic E-state index is 0. The molecule has 2 aromatic carbocycles. The number of rotatable bonds is 8. The predicted molar refractivity (Wildman–Crippen MR) is 104 cm³/mol. The summed E-state index contributed by atoms with van der Waals surface area (Å²) in [5.74, 6) is 3.16. The van der Waals surface area contributed by atoms with Gasteiger partial charge >= 0.3 is 0 Å². The van der Waals surface area contributed by atoms with Crippen LogP contribution in [0.15, 0.2) is 59.0 Å². The van der Waals surface area contributed by atoms with E-state index in [1.54, 1.807) is 14.2 Å². The highest BCUT2D eigenvalue weighted by Gasteiger charge is 2.08. The average molecular weight is 407 g/mol. The van der Waals surface area contributed by atoms with Gasteiger partial charge in [0.05, 0.1) is 25.8 Å². The maximum atomic E-state index is 6.21. The fraction of sp³-hybridized carbons (Fsp3) is 0.238. The Hall–Kier alpha value is -2.14. The molecule has 0 radical (unpaired) electrons. The van der Waals surface area contributed by atoms with Crippen LogP contribution in [-0.4, -0.2) is 20.8 Å². The Morgan fingerprint density at radius 3 is 2.48 bits per heavy atom. The topological polar surface area (TPSA) is 43.6 Å². The molecule has 0 saturated carbocycles. The van der Waals surface area contributed by atoms with Crippen LogP contribution in [0.4, 0.5) is 0 Å². The van der Waals surface area contributed by atoms with Crippen LogP contribution in [0.5, 0.6) is 11.5 Å². The van der Waals surface area contributed by atoms with E-state index in [0.717, 1.165) is 41.5 Å². The first-order valence-electron chi connectivity index (χ1n) is 8.46. The second kappa shape index (κ2) is 10.3. The molecule has 0 bridgehead atoms. The lowest BCUT2D eigenvalue weighted by Gasteiger charge is -2.09. The number of nitrogens with one attached hydrogen (secondary N) is 1. The van der Waals surface area contributed by atoms with Gasteiger partial charge in [0.1, 0.15) is 11.5 Å². The monoisotopic (exact) mass is 406 g/mol. The average Bonchev–Trinajstić information content (AvgIpc) is 3.14. The van der Waals surface area contributed by atoms with Crippen LogP contribution in [0, 0.1) is 0 Å². The van der Waals surface area contributed by atoms with Gasteiger partial charge in [-0.1, -0.05) is 29.8 Å². The van der Waals surface area contributed by atoms with Crippen LogP contribution < -0.4 is 27.2 Å². The normalized spacial score (nSPS) is 10.3. The van der Waals surface area contributed by atoms with Crippen LogP contribution in [0.3, 0.4) is 0 Å². The molecule has 144 valence electrons. The van der Waals surface area contributed by atoms with E-state index in [9.17, 15) is 0 Å². The summed E-state index contributed by atoms with van der Waals surface area (Å²) < 4.78 is 16.5. The lowest BCUT2D eigenvalue weighted by molar-refractivity contribution is -0.00000627. The quantitative estimate of drug-likeness (QED) is 0.580. The molecule has 6 heteroatoms. The molecule has 0 unspecified atom stereocenters. The van der Waals surface area contributed by atoms with E-state index in [4.69, 9.17) is 25.5 Å². The third kappa shape index (κ3) is 5.42. The molecule has 0 aliphatic carbocycles. The van der Waals surface area contributed by atoms with E-state index in [1.807, 2.05) is 54.6 Å². The van der Waals surface area contributed by atoms with Crippen molar-refractivity contribution < 1.29 is 26.3 Å². The zero-order chi connectivity index (χ0) is 18.4. The highest BCUT2D eigenvalue weighted by Crippen LogP contribution is 2.29. The third-order valence-corrected chi connectivity index (χ3v) is 4.47. The van der Waals surface area contributed by atoms with Gasteiger partial charge in [-0.2, -0.15) is 0 Å². The van der Waals surface area contributed by atoms with Crippen molar-refractivity contribution in [3.63, 3.8) is 0 Å². The van der Waals surface area contributed by atoms with Gasteiger partial charge < -0.3 is 31.6 Å². The minimum absolute atomic E-state index is 0. The second-order valence-electron chi connectivity index (χ2n) is 5.86. The SMILES string of the molecule is COc1ccc(CCNCc2ccc(-c3ccccc3Cl)o2)cc1OC.[Cl-]. The zero-order valence-corrected chi connectivity index (χ0v) is 16.8. The predicted octanol–water partition coefficient (Wildman–Crippen LogP) is 1.95. The Labute approximate surface area is 170 Å². The summed E-state index contributed by atoms with van der Waals surface area (Å²) in [7, 11) is 3.28. The number of halogens is 2. The highest BCUT2D eigenvalue weighted by atomic mass is 35.5. The van der Waals surface area contributed by atoms with Crippen LogP contribution >= 0.6 is 11.6 Å². The first-order chi connectivity index (χ1) is 12.7. The van der Waals surface area contributed by atoms with Crippen LogP contribution in [0.25, 0.3) is 11.3 Å². The van der Waals surface area contributed by atoms with Crippen molar-refractivity contribution >= 4 is 11.6 Å². The van der Waals surface area contributed by atoms with Crippen LogP contribution in [-0.2, 0) is 13.0 Å². The van der Waals surface area contributed by atoms with Crippen molar-refractivity contribution in [2.75, 3.05) is 20.8 Å². The number of hydrogen-bond donors (Lipinski definition) is 1. The summed E-state index contributed by atoms with van der Waals surface area (Å²) >= 11 is 6.21. The Bertz CT molecular complexity index is 864. The molecule has 0 saturated heterocycles. The summed E-state index contributed by atoms with van der Waals surface area (Å²) in [6.45, 7) is 1.50. The van der Waals surface area contributed by atoms with Gasteiger partial charge in [-0.05, 0) is 54.9 Å². The molecule has 3 aromatic rings. The van der Waals surface area contributed by atoms with E-state index < -0.39 is 0 Å². The fourth-order valence-electron chi connectivity index (χ4n) is 2.76. The molecule has 1 aromatic heterocycles. The van der Waals surface area contributed by atoms with Gasteiger partial charge in [-0.3, -0.25) is 0 Å². The van der Waals surface area contributed by atoms with Crippen molar-refractivity contribution in [3.8, 4) is 22.8 Å². The number of benzene rings is 2. The zero-order valence-electron chi connectivity index (χ0n) is 15.3. The summed E-state index contributed by atoms with van der Waals surface area (Å²) in [6, 6.07) is 17.6. The standard InChI is InChI=1S/C21H22ClNO3.ClH/c1-24-20-9-7-15(13-21(20)25-2)11-12-23-14-16-8-10-19(26-16)17-5-3-4-6-18(17)22;/h3-10,13,23H,11-12,14H2,1-2H3;1H/p-1. The first-order valence-corrected chi connectivity index (χ1v) is 8.84. The molecule has 3 rings (SSSR count). The first kappa shape index (κ1) is 21.2. The molecule has 0 aliphatic rings. The lowest BCUT2D eigenvalue weighted by atomic mass is 10.1. The van der Waals surface area contributed by atoms with Gasteiger partial charge in [0.2, 0.25) is 0 Å². The summed E-state index contributed by atoms with van der Waals surface area (Å²) in [5.41, 5.74) is 2.09. The molecule has 0 fully saturated rings. The number of furan rings is 1. The van der Waals surface area contributed by atoms with Gasteiger partial charge in [-0.25, -0.2) is 0 Å². The van der Waals surface area contributed by atoms with Crippen LogP contribution in [0.2, 0.25) is 5.02 Å². The maximum absolute atomic E-state index is 6.21. The Morgan fingerprint density at radius 1 is 0.963 bits per heavy atom. The molecular weight excluding hydrogens is 385 g/mol. The van der Waals surface area contributed by atoms with Gasteiger partial charge in [-0.15, -0.1) is 0 Å².